The molecule has 0 N–H and O–H groups in total. The second-order valence-electron chi connectivity index (χ2n) is 8.87. The molecule has 10 heteroatoms. The van der Waals surface area contributed by atoms with E-state index >= 15 is 0 Å². The molecule has 0 unspecified atom stereocenters. The molecule has 0 spiro atoms. The maximum atomic E-state index is 12.9. The van der Waals surface area contributed by atoms with E-state index in [0.717, 1.165) is 24.7 Å². The van der Waals surface area contributed by atoms with Crippen LogP contribution in [0.1, 0.15) is 39.2 Å². The Bertz CT molecular complexity index is 887. The highest BCUT2D eigenvalue weighted by molar-refractivity contribution is 7.90. The van der Waals surface area contributed by atoms with Crippen LogP contribution in [-0.4, -0.2) is 84.3 Å². The highest BCUT2D eigenvalue weighted by Crippen LogP contribution is 2.24. The van der Waals surface area contributed by atoms with Crippen LogP contribution in [0.3, 0.4) is 0 Å². The molecular formula is C20H30N4O5S. The normalized spacial score (nSPS) is 18.8. The average Bonchev–Trinajstić information content (AvgIpc) is 3.01. The van der Waals surface area contributed by atoms with E-state index in [1.165, 1.54) is 12.3 Å². The van der Waals surface area contributed by atoms with Gasteiger partial charge in [0.15, 0.2) is 14.9 Å². The SMILES string of the molecule is CC(C)(C)OC(=O)N1CCC(N2CCN(Cc3ccc(S(C)(=O)=O)nc3)C2=O)CC1. The summed E-state index contributed by atoms with van der Waals surface area (Å²) >= 11 is 0. The van der Waals surface area contributed by atoms with E-state index in [1.807, 2.05) is 25.7 Å². The highest BCUT2D eigenvalue weighted by Gasteiger charge is 2.36. The number of carbonyl (C=O) groups is 2. The predicted octanol–water partition coefficient (Wildman–Crippen LogP) is 2.12. The average molecular weight is 439 g/mol. The number of urea groups is 1. The molecule has 2 aliphatic heterocycles. The monoisotopic (exact) mass is 438 g/mol. The van der Waals surface area contributed by atoms with Gasteiger partial charge >= 0.3 is 12.1 Å². The number of carbonyl (C=O) groups excluding carboxylic acids is 2. The van der Waals surface area contributed by atoms with Gasteiger partial charge in [-0.1, -0.05) is 6.07 Å². The first-order valence-electron chi connectivity index (χ1n) is 10.1. The minimum absolute atomic E-state index is 0.0253. The number of hydrogen-bond acceptors (Lipinski definition) is 6. The quantitative estimate of drug-likeness (QED) is 0.714. The van der Waals surface area contributed by atoms with E-state index in [1.54, 1.807) is 15.9 Å². The van der Waals surface area contributed by atoms with E-state index in [-0.39, 0.29) is 23.2 Å². The summed E-state index contributed by atoms with van der Waals surface area (Å²) in [5.74, 6) is 0. The number of sulfone groups is 1. The van der Waals surface area contributed by atoms with E-state index < -0.39 is 15.4 Å². The Balaban J connectivity index is 1.53. The fraction of sp³-hybridized carbons (Fsp3) is 0.650. The van der Waals surface area contributed by atoms with Crippen LogP contribution in [0, 0.1) is 0 Å². The molecule has 0 saturated carbocycles. The Hall–Kier alpha value is -2.36. The van der Waals surface area contributed by atoms with Crippen LogP contribution in [0.5, 0.6) is 0 Å². The van der Waals surface area contributed by atoms with E-state index in [4.69, 9.17) is 4.74 Å². The molecule has 1 aromatic heterocycles. The molecule has 3 amide bonds. The van der Waals surface area contributed by atoms with Crippen molar-refractivity contribution in [1.82, 2.24) is 19.7 Å². The first-order chi connectivity index (χ1) is 13.9. The molecule has 0 aromatic carbocycles. The third-order valence-corrected chi connectivity index (χ3v) is 6.24. The summed E-state index contributed by atoms with van der Waals surface area (Å²) in [5.41, 5.74) is 0.269. The van der Waals surface area contributed by atoms with E-state index in [2.05, 4.69) is 4.98 Å². The van der Waals surface area contributed by atoms with E-state index in [9.17, 15) is 18.0 Å². The molecular weight excluding hydrogens is 408 g/mol. The lowest BCUT2D eigenvalue weighted by atomic mass is 10.0. The van der Waals surface area contributed by atoms with Crippen molar-refractivity contribution >= 4 is 22.0 Å². The molecule has 9 nitrogen and oxygen atoms in total. The fourth-order valence-electron chi connectivity index (χ4n) is 3.72. The zero-order valence-electron chi connectivity index (χ0n) is 18.0. The predicted molar refractivity (Wildman–Crippen MR) is 111 cm³/mol. The molecule has 30 heavy (non-hydrogen) atoms. The first kappa shape index (κ1) is 22.3. The third kappa shape index (κ3) is 5.41. The van der Waals surface area contributed by atoms with Crippen molar-refractivity contribution in [3.05, 3.63) is 23.9 Å². The Morgan fingerprint density at radius 2 is 1.83 bits per heavy atom. The summed E-state index contributed by atoms with van der Waals surface area (Å²) in [6.07, 6.45) is 3.77. The Morgan fingerprint density at radius 1 is 1.17 bits per heavy atom. The van der Waals surface area contributed by atoms with Gasteiger partial charge in [0.05, 0.1) is 0 Å². The molecule has 0 bridgehead atoms. The van der Waals surface area contributed by atoms with Crippen LogP contribution in [-0.2, 0) is 21.1 Å². The van der Waals surface area contributed by atoms with Crippen molar-refractivity contribution < 1.29 is 22.7 Å². The van der Waals surface area contributed by atoms with Crippen LogP contribution >= 0.6 is 0 Å². The molecule has 2 aliphatic rings. The number of pyridine rings is 1. The molecule has 2 saturated heterocycles. The van der Waals surface area contributed by atoms with Gasteiger partial charge in [-0.25, -0.2) is 23.0 Å². The maximum absolute atomic E-state index is 12.9. The summed E-state index contributed by atoms with van der Waals surface area (Å²) in [4.78, 5) is 34.4. The molecule has 166 valence electrons. The lowest BCUT2D eigenvalue weighted by Crippen LogP contribution is -2.49. The van der Waals surface area contributed by atoms with Crippen molar-refractivity contribution in [3.8, 4) is 0 Å². The van der Waals surface area contributed by atoms with Gasteiger partial charge in [-0.2, -0.15) is 0 Å². The highest BCUT2D eigenvalue weighted by atomic mass is 32.2. The Labute approximate surface area is 177 Å². The summed E-state index contributed by atoms with van der Waals surface area (Å²) in [6, 6.07) is 3.23. The van der Waals surface area contributed by atoms with Gasteiger partial charge in [0, 0.05) is 51.2 Å². The van der Waals surface area contributed by atoms with Crippen molar-refractivity contribution in [1.29, 1.82) is 0 Å². The zero-order chi connectivity index (χ0) is 22.1. The lowest BCUT2D eigenvalue weighted by Gasteiger charge is -2.37. The number of aromatic nitrogens is 1. The van der Waals surface area contributed by atoms with Crippen molar-refractivity contribution in [2.24, 2.45) is 0 Å². The second-order valence-corrected chi connectivity index (χ2v) is 10.8. The van der Waals surface area contributed by atoms with Crippen LogP contribution in [0.15, 0.2) is 23.4 Å². The third-order valence-electron chi connectivity index (χ3n) is 5.23. The number of likely N-dealkylation sites (tertiary alicyclic amines) is 1. The number of piperidine rings is 1. The minimum Gasteiger partial charge on any atom is -0.444 e. The van der Waals surface area contributed by atoms with Crippen LogP contribution in [0.4, 0.5) is 9.59 Å². The maximum Gasteiger partial charge on any atom is 0.410 e. The van der Waals surface area contributed by atoms with Crippen molar-refractivity contribution in [2.45, 2.75) is 56.8 Å². The molecule has 0 aliphatic carbocycles. The fourth-order valence-corrected chi connectivity index (χ4v) is 4.28. The molecule has 3 rings (SSSR count). The number of rotatable bonds is 4. The standard InChI is InChI=1S/C20H30N4O5S/c1-20(2,3)29-19(26)22-9-7-16(8-10-22)24-12-11-23(18(24)25)14-15-5-6-17(21-13-15)30(4,27)28/h5-6,13,16H,7-12,14H2,1-4H3. The topological polar surface area (TPSA) is 100 Å². The molecule has 0 radical (unpaired) electrons. The van der Waals surface area contributed by atoms with Crippen molar-refractivity contribution in [3.63, 3.8) is 0 Å². The smallest absolute Gasteiger partial charge is 0.410 e. The number of hydrogen-bond donors (Lipinski definition) is 0. The molecule has 3 heterocycles. The Kier molecular flexibility index (Phi) is 6.26. The number of ether oxygens (including phenoxy) is 1. The first-order valence-corrected chi connectivity index (χ1v) is 12.0. The van der Waals surface area contributed by atoms with Gasteiger partial charge < -0.3 is 19.4 Å². The summed E-state index contributed by atoms with van der Waals surface area (Å²) in [6.45, 7) is 8.32. The molecule has 1 aromatic rings. The summed E-state index contributed by atoms with van der Waals surface area (Å²) in [7, 11) is -3.34. The van der Waals surface area contributed by atoms with Crippen LogP contribution < -0.4 is 0 Å². The van der Waals surface area contributed by atoms with Crippen LogP contribution in [0.2, 0.25) is 0 Å². The summed E-state index contributed by atoms with van der Waals surface area (Å²) in [5, 5.41) is 0.0253. The van der Waals surface area contributed by atoms with Gasteiger partial charge in [0.25, 0.3) is 0 Å². The zero-order valence-corrected chi connectivity index (χ0v) is 18.8. The largest absolute Gasteiger partial charge is 0.444 e. The van der Waals surface area contributed by atoms with Gasteiger partial charge in [-0.3, -0.25) is 0 Å². The van der Waals surface area contributed by atoms with Crippen LogP contribution in [0.25, 0.3) is 0 Å². The summed E-state index contributed by atoms with van der Waals surface area (Å²) < 4.78 is 28.5. The Morgan fingerprint density at radius 3 is 2.37 bits per heavy atom. The van der Waals surface area contributed by atoms with Gasteiger partial charge in [0.1, 0.15) is 5.60 Å². The number of amides is 3. The lowest BCUT2D eigenvalue weighted by molar-refractivity contribution is 0.0170. The number of nitrogens with zero attached hydrogens (tertiary/aromatic N) is 4. The van der Waals surface area contributed by atoms with Gasteiger partial charge in [0.2, 0.25) is 0 Å². The molecule has 2 fully saturated rings. The van der Waals surface area contributed by atoms with Crippen molar-refractivity contribution in [2.75, 3.05) is 32.4 Å². The van der Waals surface area contributed by atoms with Gasteiger partial charge in [-0.15, -0.1) is 0 Å². The van der Waals surface area contributed by atoms with Gasteiger partial charge in [-0.05, 0) is 45.2 Å². The second kappa shape index (κ2) is 8.41. The van der Waals surface area contributed by atoms with E-state index in [0.29, 0.717) is 32.7 Å². The minimum atomic E-state index is -3.34. The molecule has 0 atom stereocenters.